The molecule has 1 aliphatic rings. The van der Waals surface area contributed by atoms with Gasteiger partial charge in [-0.15, -0.1) is 0 Å². The Morgan fingerprint density at radius 1 is 1.39 bits per heavy atom. The van der Waals surface area contributed by atoms with E-state index in [0.29, 0.717) is 12.1 Å². The highest BCUT2D eigenvalue weighted by molar-refractivity contribution is 5.91. The molecule has 1 saturated heterocycles. The maximum Gasteiger partial charge on any atom is 0.225 e. The number of aromatic hydroxyl groups is 1. The number of phenols is 1. The van der Waals surface area contributed by atoms with Crippen LogP contribution in [0.2, 0.25) is 0 Å². The van der Waals surface area contributed by atoms with Crippen LogP contribution in [-0.2, 0) is 4.79 Å². The molecule has 1 aromatic rings. The second-order valence-electron chi connectivity index (χ2n) is 4.85. The molecule has 0 unspecified atom stereocenters. The summed E-state index contributed by atoms with van der Waals surface area (Å²) in [5, 5.41) is 12.4. The quantitative estimate of drug-likeness (QED) is 0.858. The lowest BCUT2D eigenvalue weighted by Crippen LogP contribution is -2.25. The van der Waals surface area contributed by atoms with Gasteiger partial charge in [0.25, 0.3) is 0 Å². The number of benzene rings is 1. The van der Waals surface area contributed by atoms with Gasteiger partial charge in [-0.05, 0) is 44.5 Å². The van der Waals surface area contributed by atoms with E-state index in [-0.39, 0.29) is 11.7 Å². The van der Waals surface area contributed by atoms with Crippen LogP contribution < -0.4 is 5.32 Å². The van der Waals surface area contributed by atoms with Crippen molar-refractivity contribution >= 4 is 11.6 Å². The van der Waals surface area contributed by atoms with Crippen LogP contribution in [0, 0.1) is 6.92 Å². The van der Waals surface area contributed by atoms with E-state index in [1.54, 1.807) is 12.1 Å². The Morgan fingerprint density at radius 3 is 2.78 bits per heavy atom. The van der Waals surface area contributed by atoms with Crippen LogP contribution in [0.4, 0.5) is 5.69 Å². The van der Waals surface area contributed by atoms with Gasteiger partial charge < -0.3 is 15.3 Å². The van der Waals surface area contributed by atoms with Crippen molar-refractivity contribution in [2.75, 3.05) is 25.0 Å². The van der Waals surface area contributed by atoms with Crippen molar-refractivity contribution in [2.24, 2.45) is 0 Å². The Morgan fingerprint density at radius 2 is 2.11 bits per heavy atom. The van der Waals surface area contributed by atoms with Crippen molar-refractivity contribution < 1.29 is 9.90 Å². The summed E-state index contributed by atoms with van der Waals surface area (Å²) in [4.78, 5) is 14.1. The number of anilines is 1. The van der Waals surface area contributed by atoms with Gasteiger partial charge in [0.1, 0.15) is 5.75 Å². The molecule has 2 rings (SSSR count). The number of hydrogen-bond donors (Lipinski definition) is 2. The fourth-order valence-corrected chi connectivity index (χ4v) is 2.18. The van der Waals surface area contributed by atoms with Crippen molar-refractivity contribution in [3.8, 4) is 5.75 Å². The van der Waals surface area contributed by atoms with Gasteiger partial charge in [0.2, 0.25) is 5.91 Å². The number of hydrogen-bond acceptors (Lipinski definition) is 3. The monoisotopic (exact) mass is 248 g/mol. The third kappa shape index (κ3) is 3.47. The molecule has 0 aliphatic carbocycles. The van der Waals surface area contributed by atoms with Crippen LogP contribution in [0.1, 0.15) is 24.8 Å². The average molecular weight is 248 g/mol. The fourth-order valence-electron chi connectivity index (χ4n) is 2.18. The molecule has 18 heavy (non-hydrogen) atoms. The topological polar surface area (TPSA) is 52.6 Å². The lowest BCUT2D eigenvalue weighted by atomic mass is 10.2. The predicted octanol–water partition coefficient (Wildman–Crippen LogP) is 2.13. The molecule has 98 valence electrons. The molecule has 0 aromatic heterocycles. The fraction of sp³-hybridized carbons (Fsp3) is 0.500. The van der Waals surface area contributed by atoms with Gasteiger partial charge in [-0.1, -0.05) is 6.07 Å². The van der Waals surface area contributed by atoms with Crippen molar-refractivity contribution in [2.45, 2.75) is 26.2 Å². The number of phenolic OH excluding ortho intramolecular Hbond substituents is 1. The zero-order chi connectivity index (χ0) is 13.0. The van der Waals surface area contributed by atoms with E-state index >= 15 is 0 Å². The number of carbonyl (C=O) groups excluding carboxylic acids is 1. The number of nitrogens with zero attached hydrogens (tertiary/aromatic N) is 1. The number of nitrogens with one attached hydrogen (secondary N) is 1. The van der Waals surface area contributed by atoms with Gasteiger partial charge in [-0.2, -0.15) is 0 Å². The lowest BCUT2D eigenvalue weighted by molar-refractivity contribution is -0.116. The SMILES string of the molecule is Cc1ccc(NC(=O)CCN2CCCC2)cc1O. The van der Waals surface area contributed by atoms with E-state index in [4.69, 9.17) is 0 Å². The zero-order valence-corrected chi connectivity index (χ0v) is 10.8. The van der Waals surface area contributed by atoms with Crippen LogP contribution in [0.3, 0.4) is 0 Å². The van der Waals surface area contributed by atoms with Gasteiger partial charge in [-0.25, -0.2) is 0 Å². The molecular weight excluding hydrogens is 228 g/mol. The predicted molar refractivity (Wildman–Crippen MR) is 71.8 cm³/mol. The third-order valence-electron chi connectivity index (χ3n) is 3.35. The van der Waals surface area contributed by atoms with Crippen LogP contribution in [0.15, 0.2) is 18.2 Å². The Bertz CT molecular complexity index is 426. The van der Waals surface area contributed by atoms with Gasteiger partial charge >= 0.3 is 0 Å². The summed E-state index contributed by atoms with van der Waals surface area (Å²) in [5.41, 5.74) is 1.47. The molecule has 1 aromatic carbocycles. The molecule has 1 fully saturated rings. The molecular formula is C14H20N2O2. The number of rotatable bonds is 4. The normalized spacial score (nSPS) is 15.8. The van der Waals surface area contributed by atoms with Crippen LogP contribution in [0.5, 0.6) is 5.75 Å². The molecule has 0 spiro atoms. The Balaban J connectivity index is 1.80. The molecule has 1 heterocycles. The largest absolute Gasteiger partial charge is 0.508 e. The molecule has 0 radical (unpaired) electrons. The van der Waals surface area contributed by atoms with Crippen molar-refractivity contribution in [3.05, 3.63) is 23.8 Å². The van der Waals surface area contributed by atoms with Crippen LogP contribution in [-0.4, -0.2) is 35.5 Å². The van der Waals surface area contributed by atoms with Crippen molar-refractivity contribution in [1.82, 2.24) is 4.90 Å². The van der Waals surface area contributed by atoms with E-state index in [2.05, 4.69) is 10.2 Å². The Kier molecular flexibility index (Phi) is 4.20. The molecule has 0 atom stereocenters. The average Bonchev–Trinajstić information content (AvgIpc) is 2.84. The minimum atomic E-state index is 0.00477. The van der Waals surface area contributed by atoms with Gasteiger partial charge in [0, 0.05) is 24.7 Å². The second kappa shape index (κ2) is 5.87. The highest BCUT2D eigenvalue weighted by Gasteiger charge is 2.13. The maximum absolute atomic E-state index is 11.7. The second-order valence-corrected chi connectivity index (χ2v) is 4.85. The molecule has 4 heteroatoms. The Labute approximate surface area is 108 Å². The first-order chi connectivity index (χ1) is 8.65. The third-order valence-corrected chi connectivity index (χ3v) is 3.35. The number of likely N-dealkylation sites (tertiary alicyclic amines) is 1. The summed E-state index contributed by atoms with van der Waals surface area (Å²) >= 11 is 0. The molecule has 1 amide bonds. The van der Waals surface area contributed by atoms with E-state index in [1.807, 2.05) is 13.0 Å². The first-order valence-corrected chi connectivity index (χ1v) is 6.47. The standard InChI is InChI=1S/C14H20N2O2/c1-11-4-5-12(10-13(11)17)15-14(18)6-9-16-7-2-3-8-16/h4-5,10,17H,2-3,6-9H2,1H3,(H,15,18). The summed E-state index contributed by atoms with van der Waals surface area (Å²) in [6, 6.07) is 5.19. The van der Waals surface area contributed by atoms with Crippen molar-refractivity contribution in [3.63, 3.8) is 0 Å². The summed E-state index contributed by atoms with van der Waals surface area (Å²) in [5.74, 6) is 0.220. The van der Waals surface area contributed by atoms with E-state index in [9.17, 15) is 9.90 Å². The first-order valence-electron chi connectivity index (χ1n) is 6.47. The van der Waals surface area contributed by atoms with E-state index in [1.165, 1.54) is 12.8 Å². The summed E-state index contributed by atoms with van der Waals surface area (Å²) < 4.78 is 0. The van der Waals surface area contributed by atoms with Crippen LogP contribution >= 0.6 is 0 Å². The highest BCUT2D eigenvalue weighted by Crippen LogP contribution is 2.20. The minimum Gasteiger partial charge on any atom is -0.508 e. The Hall–Kier alpha value is -1.55. The molecule has 4 nitrogen and oxygen atoms in total. The van der Waals surface area contributed by atoms with Crippen molar-refractivity contribution in [1.29, 1.82) is 0 Å². The number of carbonyl (C=O) groups is 1. The zero-order valence-electron chi connectivity index (χ0n) is 10.8. The summed E-state index contributed by atoms with van der Waals surface area (Å²) in [7, 11) is 0. The molecule has 2 N–H and O–H groups in total. The van der Waals surface area contributed by atoms with Gasteiger partial charge in [-0.3, -0.25) is 4.79 Å². The first kappa shape index (κ1) is 12.9. The smallest absolute Gasteiger partial charge is 0.225 e. The maximum atomic E-state index is 11.7. The molecule has 0 saturated carbocycles. The van der Waals surface area contributed by atoms with Gasteiger partial charge in [0.05, 0.1) is 0 Å². The number of aryl methyl sites for hydroxylation is 1. The minimum absolute atomic E-state index is 0.00477. The summed E-state index contributed by atoms with van der Waals surface area (Å²) in [6.45, 7) is 4.87. The van der Waals surface area contributed by atoms with E-state index in [0.717, 1.165) is 25.2 Å². The number of amides is 1. The van der Waals surface area contributed by atoms with E-state index < -0.39 is 0 Å². The van der Waals surface area contributed by atoms with Crippen LogP contribution in [0.25, 0.3) is 0 Å². The van der Waals surface area contributed by atoms with Gasteiger partial charge in [0.15, 0.2) is 0 Å². The lowest BCUT2D eigenvalue weighted by Gasteiger charge is -2.14. The molecule has 1 aliphatic heterocycles. The highest BCUT2D eigenvalue weighted by atomic mass is 16.3. The summed E-state index contributed by atoms with van der Waals surface area (Å²) in [6.07, 6.45) is 3.00. The molecule has 0 bridgehead atoms.